The molecular formula is C31H28FN5O2. The number of halogens is 1. The monoisotopic (exact) mass is 521 g/mol. The first-order valence-electron chi connectivity index (χ1n) is 13.3. The van der Waals surface area contributed by atoms with E-state index in [1.807, 2.05) is 53.2 Å². The minimum atomic E-state index is -0.360. The Balaban J connectivity index is 1.36. The number of para-hydroxylation sites is 2. The van der Waals surface area contributed by atoms with Gasteiger partial charge in [0.1, 0.15) is 18.2 Å². The van der Waals surface area contributed by atoms with E-state index in [0.29, 0.717) is 22.4 Å². The molecule has 5 aromatic rings. The Bertz CT molecular complexity index is 1750. The summed E-state index contributed by atoms with van der Waals surface area (Å²) in [4.78, 5) is 31.2. The average Bonchev–Trinajstić information content (AvgIpc) is 3.31. The zero-order valence-electron chi connectivity index (χ0n) is 21.4. The Morgan fingerprint density at radius 2 is 1.69 bits per heavy atom. The largest absolute Gasteiger partial charge is 0.337 e. The number of aromatic nitrogens is 3. The van der Waals surface area contributed by atoms with E-state index in [-0.39, 0.29) is 29.7 Å². The Morgan fingerprint density at radius 3 is 2.49 bits per heavy atom. The molecule has 1 aliphatic rings. The maximum absolute atomic E-state index is 13.5. The zero-order valence-corrected chi connectivity index (χ0v) is 21.4. The molecule has 1 saturated carbocycles. The molecule has 2 heterocycles. The molecule has 8 heteroatoms. The predicted molar refractivity (Wildman–Crippen MR) is 152 cm³/mol. The third-order valence-electron chi connectivity index (χ3n) is 7.32. The molecule has 0 unspecified atom stereocenters. The number of fused-ring (bicyclic) bond motifs is 2. The molecule has 6 rings (SSSR count). The molecular weight excluding hydrogens is 493 g/mol. The molecule has 0 aliphatic heterocycles. The van der Waals surface area contributed by atoms with Crippen molar-refractivity contribution < 1.29 is 9.18 Å². The number of anilines is 1. The number of carbonyl (C=O) groups excluding carboxylic acids is 1. The van der Waals surface area contributed by atoms with Crippen molar-refractivity contribution in [2.45, 2.75) is 44.6 Å². The predicted octanol–water partition coefficient (Wildman–Crippen LogP) is 6.06. The highest BCUT2D eigenvalue weighted by Crippen LogP contribution is 2.32. The van der Waals surface area contributed by atoms with Gasteiger partial charge in [-0.25, -0.2) is 9.37 Å². The van der Waals surface area contributed by atoms with E-state index in [1.165, 1.54) is 35.4 Å². The van der Waals surface area contributed by atoms with Crippen molar-refractivity contribution in [3.63, 3.8) is 0 Å². The summed E-state index contributed by atoms with van der Waals surface area (Å²) in [5.41, 5.74) is 2.69. The van der Waals surface area contributed by atoms with E-state index in [1.54, 1.807) is 12.3 Å². The van der Waals surface area contributed by atoms with Crippen LogP contribution in [0.15, 0.2) is 88.9 Å². The summed E-state index contributed by atoms with van der Waals surface area (Å²) in [6, 6.07) is 20.8. The molecule has 0 atom stereocenters. The minimum Gasteiger partial charge on any atom is -0.337 e. The van der Waals surface area contributed by atoms with Gasteiger partial charge in [0, 0.05) is 34.3 Å². The summed E-state index contributed by atoms with van der Waals surface area (Å²) < 4.78 is 16.5. The fraction of sp³-hybridized carbons (Fsp3) is 0.226. The molecule has 2 aromatic heterocycles. The lowest BCUT2D eigenvalue weighted by atomic mass is 9.88. The Hall–Kier alpha value is -4.59. The molecule has 1 aliphatic carbocycles. The molecule has 0 spiro atoms. The van der Waals surface area contributed by atoms with Crippen LogP contribution in [-0.2, 0) is 11.3 Å². The molecule has 1 fully saturated rings. The second-order valence-electron chi connectivity index (χ2n) is 9.97. The number of nitrogens with one attached hydrogen (secondary N) is 1. The van der Waals surface area contributed by atoms with Gasteiger partial charge in [0.15, 0.2) is 0 Å². The van der Waals surface area contributed by atoms with Crippen LogP contribution >= 0.6 is 0 Å². The maximum atomic E-state index is 13.5. The summed E-state index contributed by atoms with van der Waals surface area (Å²) in [7, 11) is 0. The van der Waals surface area contributed by atoms with Crippen molar-refractivity contribution in [1.82, 2.24) is 14.2 Å². The summed E-state index contributed by atoms with van der Waals surface area (Å²) in [6.45, 7) is 0.0660. The van der Waals surface area contributed by atoms with Crippen LogP contribution in [0, 0.1) is 5.82 Å². The van der Waals surface area contributed by atoms with Crippen LogP contribution in [0.2, 0.25) is 0 Å². The van der Waals surface area contributed by atoms with Crippen molar-refractivity contribution in [3.8, 4) is 0 Å². The van der Waals surface area contributed by atoms with Crippen molar-refractivity contribution in [1.29, 1.82) is 0 Å². The van der Waals surface area contributed by atoms with Gasteiger partial charge < -0.3 is 9.88 Å². The van der Waals surface area contributed by atoms with Gasteiger partial charge in [-0.1, -0.05) is 49.6 Å². The van der Waals surface area contributed by atoms with Crippen molar-refractivity contribution in [3.05, 3.63) is 107 Å². The third kappa shape index (κ3) is 5.10. The number of benzene rings is 3. The molecule has 7 nitrogen and oxygen atoms in total. The number of carbonyl (C=O) groups is 1. The Morgan fingerprint density at radius 1 is 0.974 bits per heavy atom. The van der Waals surface area contributed by atoms with Gasteiger partial charge in [0.05, 0.1) is 17.1 Å². The second kappa shape index (κ2) is 10.6. The van der Waals surface area contributed by atoms with E-state index in [4.69, 9.17) is 4.98 Å². The number of rotatable bonds is 6. The van der Waals surface area contributed by atoms with Crippen LogP contribution in [0.3, 0.4) is 0 Å². The van der Waals surface area contributed by atoms with Gasteiger partial charge in [-0.2, -0.15) is 9.78 Å². The minimum absolute atomic E-state index is 0.0660. The fourth-order valence-electron chi connectivity index (χ4n) is 5.39. The van der Waals surface area contributed by atoms with Gasteiger partial charge in [0.2, 0.25) is 5.91 Å². The van der Waals surface area contributed by atoms with E-state index in [9.17, 15) is 14.0 Å². The first kappa shape index (κ1) is 24.7. The van der Waals surface area contributed by atoms with Crippen LogP contribution in [0.25, 0.3) is 21.8 Å². The van der Waals surface area contributed by atoms with Gasteiger partial charge in [-0.05, 0) is 55.3 Å². The first-order chi connectivity index (χ1) is 19.1. The SMILES string of the molecule is O=C(Cn1cc(C=Nn2c(C3CCCCC3)nc3ccccc3c2=O)c2ccccc21)Nc1ccc(F)cc1. The molecule has 0 saturated heterocycles. The summed E-state index contributed by atoms with van der Waals surface area (Å²) in [5, 5.41) is 8.94. The normalized spacial score (nSPS) is 14.4. The molecule has 1 N–H and O–H groups in total. The smallest absolute Gasteiger partial charge is 0.282 e. The van der Waals surface area contributed by atoms with Crippen molar-refractivity contribution >= 4 is 39.6 Å². The Labute approximate surface area is 224 Å². The van der Waals surface area contributed by atoms with Gasteiger partial charge >= 0.3 is 0 Å². The van der Waals surface area contributed by atoms with Crippen molar-refractivity contribution in [2.24, 2.45) is 5.10 Å². The van der Waals surface area contributed by atoms with E-state index in [2.05, 4.69) is 10.4 Å². The molecule has 39 heavy (non-hydrogen) atoms. The number of hydrogen-bond acceptors (Lipinski definition) is 4. The zero-order chi connectivity index (χ0) is 26.8. The van der Waals surface area contributed by atoms with E-state index < -0.39 is 0 Å². The summed E-state index contributed by atoms with van der Waals surface area (Å²) >= 11 is 0. The maximum Gasteiger partial charge on any atom is 0.282 e. The molecule has 0 radical (unpaired) electrons. The fourth-order valence-corrected chi connectivity index (χ4v) is 5.39. The van der Waals surface area contributed by atoms with Gasteiger partial charge in [-0.15, -0.1) is 0 Å². The van der Waals surface area contributed by atoms with Gasteiger partial charge in [0.25, 0.3) is 5.56 Å². The molecule has 196 valence electrons. The van der Waals surface area contributed by atoms with Crippen LogP contribution in [-0.4, -0.2) is 26.3 Å². The highest BCUT2D eigenvalue weighted by atomic mass is 19.1. The lowest BCUT2D eigenvalue weighted by Crippen LogP contribution is -2.25. The topological polar surface area (TPSA) is 81.3 Å². The van der Waals surface area contributed by atoms with Crippen LogP contribution in [0.1, 0.15) is 49.4 Å². The summed E-state index contributed by atoms with van der Waals surface area (Å²) in [5.74, 6) is 0.294. The van der Waals surface area contributed by atoms with Crippen molar-refractivity contribution in [2.75, 3.05) is 5.32 Å². The molecule has 0 bridgehead atoms. The highest BCUT2D eigenvalue weighted by molar-refractivity contribution is 6.00. The number of amides is 1. The average molecular weight is 522 g/mol. The van der Waals surface area contributed by atoms with Gasteiger partial charge in [-0.3, -0.25) is 9.59 Å². The van der Waals surface area contributed by atoms with Crippen LogP contribution in [0.5, 0.6) is 0 Å². The quantitative estimate of drug-likeness (QED) is 0.276. The second-order valence-corrected chi connectivity index (χ2v) is 9.97. The lowest BCUT2D eigenvalue weighted by molar-refractivity contribution is -0.116. The first-order valence-corrected chi connectivity index (χ1v) is 13.3. The molecule has 1 amide bonds. The molecule has 3 aromatic carbocycles. The summed E-state index contributed by atoms with van der Waals surface area (Å²) in [6.07, 6.45) is 8.95. The number of nitrogens with zero attached hydrogens (tertiary/aromatic N) is 4. The standard InChI is InChI=1S/C31H28FN5O2/c32-23-14-16-24(17-15-23)34-29(38)20-36-19-22(25-10-5-7-13-28(25)36)18-33-37-30(21-8-2-1-3-9-21)35-27-12-6-4-11-26(27)31(37)39/h4-7,10-19,21H,1-3,8-9,20H2,(H,34,38). The highest BCUT2D eigenvalue weighted by Gasteiger charge is 2.22. The number of hydrogen-bond donors (Lipinski definition) is 1. The Kier molecular flexibility index (Phi) is 6.75. The van der Waals surface area contributed by atoms with E-state index >= 15 is 0 Å². The van der Waals surface area contributed by atoms with Crippen LogP contribution < -0.4 is 10.9 Å². The third-order valence-corrected chi connectivity index (χ3v) is 7.32. The lowest BCUT2D eigenvalue weighted by Gasteiger charge is -2.22. The van der Waals surface area contributed by atoms with Crippen LogP contribution in [0.4, 0.5) is 10.1 Å². The van der Waals surface area contributed by atoms with E-state index in [0.717, 1.165) is 42.1 Å².